The number of rotatable bonds is 4. The SMILES string of the molecule is C[C@@H](OC(=O)C1C2CC3CC(C2)CC1C3)C(=O)NC1CC1. The Morgan fingerprint density at radius 3 is 2.10 bits per heavy atom. The third-order valence-electron chi connectivity index (χ3n) is 6.08. The first-order valence-electron chi connectivity index (χ1n) is 8.61. The van der Waals surface area contributed by atoms with Gasteiger partial charge in [0.15, 0.2) is 6.10 Å². The number of ether oxygens (including phenoxy) is 1. The Hall–Kier alpha value is -1.06. The molecule has 0 spiro atoms. The predicted molar refractivity (Wildman–Crippen MR) is 77.3 cm³/mol. The molecule has 1 N–H and O–H groups in total. The molecule has 5 aliphatic carbocycles. The van der Waals surface area contributed by atoms with E-state index in [1.54, 1.807) is 6.92 Å². The summed E-state index contributed by atoms with van der Waals surface area (Å²) in [6.45, 7) is 1.70. The molecule has 0 aromatic heterocycles. The highest BCUT2D eigenvalue weighted by molar-refractivity contribution is 5.84. The Labute approximate surface area is 126 Å². The fourth-order valence-electron chi connectivity index (χ4n) is 5.16. The summed E-state index contributed by atoms with van der Waals surface area (Å²) < 4.78 is 5.52. The Morgan fingerprint density at radius 2 is 1.57 bits per heavy atom. The molecule has 0 aliphatic heterocycles. The lowest BCUT2D eigenvalue weighted by Crippen LogP contribution is -2.49. The van der Waals surface area contributed by atoms with Crippen LogP contribution in [0.25, 0.3) is 0 Å². The van der Waals surface area contributed by atoms with Crippen molar-refractivity contribution in [1.82, 2.24) is 5.32 Å². The molecular weight excluding hydrogens is 266 g/mol. The summed E-state index contributed by atoms with van der Waals surface area (Å²) in [5.74, 6) is 2.57. The summed E-state index contributed by atoms with van der Waals surface area (Å²) in [6.07, 6.45) is 7.67. The minimum Gasteiger partial charge on any atom is -0.452 e. The van der Waals surface area contributed by atoms with Crippen LogP contribution in [0.4, 0.5) is 0 Å². The number of amides is 1. The monoisotopic (exact) mass is 291 g/mol. The fraction of sp³-hybridized carbons (Fsp3) is 0.882. The van der Waals surface area contributed by atoms with E-state index in [2.05, 4.69) is 5.32 Å². The first-order chi connectivity index (χ1) is 10.1. The Morgan fingerprint density at radius 1 is 1.00 bits per heavy atom. The topological polar surface area (TPSA) is 55.4 Å². The summed E-state index contributed by atoms with van der Waals surface area (Å²) in [7, 11) is 0. The second-order valence-corrected chi connectivity index (χ2v) is 7.82. The van der Waals surface area contributed by atoms with E-state index in [1.165, 1.54) is 32.1 Å². The van der Waals surface area contributed by atoms with Gasteiger partial charge >= 0.3 is 5.97 Å². The molecule has 0 unspecified atom stereocenters. The fourth-order valence-corrected chi connectivity index (χ4v) is 5.16. The van der Waals surface area contributed by atoms with Gasteiger partial charge in [-0.15, -0.1) is 0 Å². The van der Waals surface area contributed by atoms with Crippen LogP contribution in [0.3, 0.4) is 0 Å². The molecule has 0 radical (unpaired) electrons. The van der Waals surface area contributed by atoms with Crippen LogP contribution in [0.1, 0.15) is 51.9 Å². The van der Waals surface area contributed by atoms with Gasteiger partial charge in [-0.25, -0.2) is 0 Å². The lowest BCUT2D eigenvalue weighted by atomic mass is 9.52. The average molecular weight is 291 g/mol. The summed E-state index contributed by atoms with van der Waals surface area (Å²) in [4.78, 5) is 24.5. The van der Waals surface area contributed by atoms with Gasteiger partial charge in [0.05, 0.1) is 5.92 Å². The van der Waals surface area contributed by atoms with Gasteiger partial charge in [0, 0.05) is 6.04 Å². The number of nitrogens with one attached hydrogen (secondary N) is 1. The molecule has 4 nitrogen and oxygen atoms in total. The smallest absolute Gasteiger partial charge is 0.310 e. The van der Waals surface area contributed by atoms with Crippen molar-refractivity contribution in [3.05, 3.63) is 0 Å². The zero-order valence-electron chi connectivity index (χ0n) is 12.7. The van der Waals surface area contributed by atoms with E-state index in [0.29, 0.717) is 17.9 Å². The summed E-state index contributed by atoms with van der Waals surface area (Å²) in [6, 6.07) is 0.319. The van der Waals surface area contributed by atoms with Crippen LogP contribution in [0.15, 0.2) is 0 Å². The standard InChI is InChI=1S/C17H25NO3/c1-9(16(19)18-14-2-3-14)21-17(20)15-12-5-10-4-11(7-12)8-13(15)6-10/h9-15H,2-8H2,1H3,(H,18,19)/t9-,10?,11?,12?,13?,15?/m1/s1. The first-order valence-corrected chi connectivity index (χ1v) is 8.61. The van der Waals surface area contributed by atoms with E-state index in [9.17, 15) is 9.59 Å². The molecule has 0 heterocycles. The van der Waals surface area contributed by atoms with Crippen molar-refractivity contribution < 1.29 is 14.3 Å². The van der Waals surface area contributed by atoms with E-state index in [4.69, 9.17) is 4.74 Å². The quantitative estimate of drug-likeness (QED) is 0.808. The first kappa shape index (κ1) is 13.6. The molecule has 0 aromatic rings. The van der Waals surface area contributed by atoms with E-state index in [-0.39, 0.29) is 17.8 Å². The molecule has 4 heteroatoms. The number of carbonyl (C=O) groups excluding carboxylic acids is 2. The van der Waals surface area contributed by atoms with Gasteiger partial charge < -0.3 is 10.1 Å². The van der Waals surface area contributed by atoms with E-state index in [1.807, 2.05) is 0 Å². The van der Waals surface area contributed by atoms with Gasteiger partial charge in [0.25, 0.3) is 5.91 Å². The van der Waals surface area contributed by atoms with Crippen LogP contribution in [-0.4, -0.2) is 24.0 Å². The summed E-state index contributed by atoms with van der Waals surface area (Å²) >= 11 is 0. The van der Waals surface area contributed by atoms with Gasteiger partial charge in [-0.2, -0.15) is 0 Å². The molecular formula is C17H25NO3. The van der Waals surface area contributed by atoms with Crippen molar-refractivity contribution in [3.63, 3.8) is 0 Å². The molecule has 21 heavy (non-hydrogen) atoms. The molecule has 4 bridgehead atoms. The van der Waals surface area contributed by atoms with Gasteiger partial charge in [-0.1, -0.05) is 0 Å². The van der Waals surface area contributed by atoms with Crippen molar-refractivity contribution in [3.8, 4) is 0 Å². The van der Waals surface area contributed by atoms with E-state index >= 15 is 0 Å². The highest BCUT2D eigenvalue weighted by Gasteiger charge is 2.51. The van der Waals surface area contributed by atoms with Crippen LogP contribution in [0.5, 0.6) is 0 Å². The third kappa shape index (κ3) is 2.58. The second-order valence-electron chi connectivity index (χ2n) is 7.82. The van der Waals surface area contributed by atoms with Crippen LogP contribution < -0.4 is 5.32 Å². The van der Waals surface area contributed by atoms with Crippen molar-refractivity contribution >= 4 is 11.9 Å². The minimum absolute atomic E-state index is 0.0639. The Kier molecular flexibility index (Phi) is 3.23. The highest BCUT2D eigenvalue weighted by atomic mass is 16.5. The summed E-state index contributed by atoms with van der Waals surface area (Å²) in [5, 5.41) is 2.91. The molecule has 0 aromatic carbocycles. The molecule has 0 saturated heterocycles. The zero-order chi connectivity index (χ0) is 14.6. The van der Waals surface area contributed by atoms with E-state index in [0.717, 1.165) is 24.7 Å². The lowest BCUT2D eigenvalue weighted by Gasteiger charge is -2.53. The number of hydrogen-bond donors (Lipinski definition) is 1. The molecule has 116 valence electrons. The van der Waals surface area contributed by atoms with Crippen LogP contribution in [0.2, 0.25) is 0 Å². The maximum absolute atomic E-state index is 12.5. The zero-order valence-corrected chi connectivity index (χ0v) is 12.7. The number of carbonyl (C=O) groups is 2. The normalized spacial score (nSPS) is 41.7. The van der Waals surface area contributed by atoms with Crippen molar-refractivity contribution in [2.45, 2.75) is 64.0 Å². The molecule has 5 saturated carbocycles. The molecule has 1 amide bonds. The maximum Gasteiger partial charge on any atom is 0.310 e. The molecule has 1 atom stereocenters. The molecule has 5 aliphatic rings. The predicted octanol–water partition coefficient (Wildman–Crippen LogP) is 2.27. The van der Waals surface area contributed by atoms with Crippen molar-refractivity contribution in [1.29, 1.82) is 0 Å². The lowest BCUT2D eigenvalue weighted by molar-refractivity contribution is -0.170. The number of hydrogen-bond acceptors (Lipinski definition) is 3. The van der Waals surface area contributed by atoms with Gasteiger partial charge in [-0.05, 0) is 75.5 Å². The van der Waals surface area contributed by atoms with Gasteiger partial charge in [0.2, 0.25) is 0 Å². The Balaban J connectivity index is 1.37. The van der Waals surface area contributed by atoms with E-state index < -0.39 is 6.10 Å². The minimum atomic E-state index is -0.643. The molecule has 5 fully saturated rings. The Bertz CT molecular complexity index is 429. The van der Waals surface area contributed by atoms with Crippen molar-refractivity contribution in [2.24, 2.45) is 29.6 Å². The second kappa shape index (κ2) is 4.99. The average Bonchev–Trinajstić information content (AvgIpc) is 3.21. The van der Waals surface area contributed by atoms with Gasteiger partial charge in [-0.3, -0.25) is 9.59 Å². The van der Waals surface area contributed by atoms with Crippen molar-refractivity contribution in [2.75, 3.05) is 0 Å². The summed E-state index contributed by atoms with van der Waals surface area (Å²) in [5.41, 5.74) is 0. The van der Waals surface area contributed by atoms with Crippen LogP contribution in [-0.2, 0) is 14.3 Å². The van der Waals surface area contributed by atoms with Crippen LogP contribution >= 0.6 is 0 Å². The largest absolute Gasteiger partial charge is 0.452 e. The number of esters is 1. The highest BCUT2D eigenvalue weighted by Crippen LogP contribution is 2.56. The van der Waals surface area contributed by atoms with Gasteiger partial charge in [0.1, 0.15) is 0 Å². The van der Waals surface area contributed by atoms with Crippen LogP contribution in [0, 0.1) is 29.6 Å². The maximum atomic E-state index is 12.5. The molecule has 5 rings (SSSR count). The third-order valence-corrected chi connectivity index (χ3v) is 6.08.